The minimum atomic E-state index is -2.54. The molecule has 0 amide bonds. The molecule has 3 nitrogen and oxygen atoms in total. The van der Waals surface area contributed by atoms with E-state index >= 15 is 0 Å². The molecular formula is C23H30O3Si. The molecule has 0 unspecified atom stereocenters. The van der Waals surface area contributed by atoms with Crippen LogP contribution in [0.2, 0.25) is 5.04 Å². The third-order valence-electron chi connectivity index (χ3n) is 5.29. The molecule has 1 fully saturated rings. The normalized spacial score (nSPS) is 20.9. The quantitative estimate of drug-likeness (QED) is 0.433. The Morgan fingerprint density at radius 1 is 1.07 bits per heavy atom. The number of aliphatic hydroxyl groups is 1. The Bertz CT molecular complexity index is 700. The Kier molecular flexibility index (Phi) is 6.01. The predicted molar refractivity (Wildman–Crippen MR) is 113 cm³/mol. The second-order valence-electron chi connectivity index (χ2n) is 8.21. The smallest absolute Gasteiger partial charge is 0.261 e. The molecule has 3 atom stereocenters. The van der Waals surface area contributed by atoms with Crippen molar-refractivity contribution in [2.24, 2.45) is 0 Å². The Hall–Kier alpha value is -1.72. The summed E-state index contributed by atoms with van der Waals surface area (Å²) in [4.78, 5) is 0. The van der Waals surface area contributed by atoms with Crippen molar-refractivity contribution in [3.63, 3.8) is 0 Å². The first-order chi connectivity index (χ1) is 12.9. The summed E-state index contributed by atoms with van der Waals surface area (Å²) in [6.07, 6.45) is 1.56. The van der Waals surface area contributed by atoms with Crippen molar-refractivity contribution in [1.29, 1.82) is 0 Å². The van der Waals surface area contributed by atoms with Gasteiger partial charge >= 0.3 is 0 Å². The molecule has 0 aliphatic carbocycles. The number of aliphatic hydroxyl groups excluding tert-OH is 1. The molecule has 2 aromatic carbocycles. The molecule has 4 heteroatoms. The van der Waals surface area contributed by atoms with Crippen LogP contribution < -0.4 is 10.4 Å². The molecule has 0 aromatic heterocycles. The van der Waals surface area contributed by atoms with Crippen LogP contribution >= 0.6 is 0 Å². The zero-order chi connectivity index (χ0) is 19.5. The summed E-state index contributed by atoms with van der Waals surface area (Å²) in [6, 6.07) is 21.1. The van der Waals surface area contributed by atoms with Crippen LogP contribution in [-0.2, 0) is 9.16 Å². The van der Waals surface area contributed by atoms with E-state index in [1.165, 1.54) is 10.4 Å². The van der Waals surface area contributed by atoms with Crippen LogP contribution in [0.3, 0.4) is 0 Å². The van der Waals surface area contributed by atoms with E-state index in [1.54, 1.807) is 6.08 Å². The van der Waals surface area contributed by atoms with Crippen molar-refractivity contribution < 1.29 is 14.3 Å². The summed E-state index contributed by atoms with van der Waals surface area (Å²) in [7, 11) is -2.54. The van der Waals surface area contributed by atoms with Gasteiger partial charge in [-0.15, -0.1) is 6.58 Å². The maximum absolute atomic E-state index is 10.1. The van der Waals surface area contributed by atoms with E-state index in [4.69, 9.17) is 9.16 Å². The summed E-state index contributed by atoms with van der Waals surface area (Å²) in [5.41, 5.74) is 0. The number of epoxide rings is 1. The molecular weight excluding hydrogens is 352 g/mol. The van der Waals surface area contributed by atoms with Gasteiger partial charge in [0.1, 0.15) is 12.2 Å². The standard InChI is InChI=1S/C23H30O3Si/c1-5-12-20(24)22-21(26-22)17-25-27(23(2,3)4,18-13-8-6-9-14-18)19-15-10-7-11-16-19/h5-11,13-16,20-22,24H,1,12,17H2,2-4H3/t20-,21+,22-/m0/s1. The first-order valence-corrected chi connectivity index (χ1v) is 11.5. The highest BCUT2D eigenvalue weighted by atomic mass is 28.4. The molecule has 1 aliphatic rings. The van der Waals surface area contributed by atoms with Crippen molar-refractivity contribution >= 4 is 18.7 Å². The fraction of sp³-hybridized carbons (Fsp3) is 0.391. The summed E-state index contributed by atoms with van der Waals surface area (Å²) in [6.45, 7) is 11.0. The second-order valence-corrected chi connectivity index (χ2v) is 12.5. The number of hydrogen-bond donors (Lipinski definition) is 1. The van der Waals surface area contributed by atoms with Crippen LogP contribution in [0, 0.1) is 0 Å². The third kappa shape index (κ3) is 4.09. The van der Waals surface area contributed by atoms with Gasteiger partial charge in [0.05, 0.1) is 12.7 Å². The van der Waals surface area contributed by atoms with Crippen molar-refractivity contribution in [3.05, 3.63) is 73.3 Å². The van der Waals surface area contributed by atoms with Crippen LogP contribution in [0.25, 0.3) is 0 Å². The van der Waals surface area contributed by atoms with E-state index < -0.39 is 14.4 Å². The van der Waals surface area contributed by atoms with Crippen LogP contribution in [0.15, 0.2) is 73.3 Å². The first-order valence-electron chi connectivity index (χ1n) is 9.59. The van der Waals surface area contributed by atoms with E-state index in [9.17, 15) is 5.11 Å². The summed E-state index contributed by atoms with van der Waals surface area (Å²) < 4.78 is 12.5. The Balaban J connectivity index is 1.92. The minimum Gasteiger partial charge on any atom is -0.405 e. The molecule has 2 aromatic rings. The van der Waals surface area contributed by atoms with Crippen molar-refractivity contribution in [2.45, 2.75) is 50.5 Å². The molecule has 3 rings (SSSR count). The minimum absolute atomic E-state index is 0.0541. The molecule has 0 radical (unpaired) electrons. The molecule has 27 heavy (non-hydrogen) atoms. The van der Waals surface area contributed by atoms with Gasteiger partial charge in [0.15, 0.2) is 0 Å². The van der Waals surface area contributed by atoms with Gasteiger partial charge in [-0.05, 0) is 21.8 Å². The third-order valence-corrected chi connectivity index (χ3v) is 10.3. The second kappa shape index (κ2) is 8.11. The highest BCUT2D eigenvalue weighted by Gasteiger charge is 2.52. The van der Waals surface area contributed by atoms with Gasteiger partial charge in [0.2, 0.25) is 0 Å². The van der Waals surface area contributed by atoms with Crippen LogP contribution in [0.4, 0.5) is 0 Å². The first kappa shape index (κ1) is 20.0. The maximum Gasteiger partial charge on any atom is 0.261 e. The highest BCUT2D eigenvalue weighted by Crippen LogP contribution is 2.38. The van der Waals surface area contributed by atoms with Gasteiger partial charge in [-0.25, -0.2) is 0 Å². The van der Waals surface area contributed by atoms with Crippen molar-refractivity contribution in [3.8, 4) is 0 Å². The van der Waals surface area contributed by atoms with Crippen LogP contribution in [0.5, 0.6) is 0 Å². The molecule has 0 bridgehead atoms. The Morgan fingerprint density at radius 3 is 2.04 bits per heavy atom. The summed E-state index contributed by atoms with van der Waals surface area (Å²) in [5.74, 6) is 0. The SMILES string of the molecule is C=CC[C@H](O)[C@@H]1O[C@@H]1CO[Si](c1ccccc1)(c1ccccc1)C(C)(C)C. The van der Waals surface area contributed by atoms with Gasteiger partial charge < -0.3 is 14.3 Å². The number of hydrogen-bond acceptors (Lipinski definition) is 3. The summed E-state index contributed by atoms with van der Waals surface area (Å²) >= 11 is 0. The predicted octanol–water partition coefficient (Wildman–Crippen LogP) is 3.27. The monoisotopic (exact) mass is 382 g/mol. The zero-order valence-corrected chi connectivity index (χ0v) is 17.5. The van der Waals surface area contributed by atoms with E-state index in [0.29, 0.717) is 13.0 Å². The molecule has 1 aliphatic heterocycles. The van der Waals surface area contributed by atoms with Gasteiger partial charge in [-0.2, -0.15) is 0 Å². The highest BCUT2D eigenvalue weighted by molar-refractivity contribution is 6.99. The molecule has 0 spiro atoms. The van der Waals surface area contributed by atoms with E-state index in [0.717, 1.165) is 0 Å². The molecule has 0 saturated carbocycles. The number of rotatable bonds is 8. The Morgan fingerprint density at radius 2 is 1.59 bits per heavy atom. The number of benzene rings is 2. The van der Waals surface area contributed by atoms with Crippen LogP contribution in [0.1, 0.15) is 27.2 Å². The Labute approximate surface area is 163 Å². The molecule has 1 N–H and O–H groups in total. The molecule has 144 valence electrons. The van der Waals surface area contributed by atoms with E-state index in [2.05, 4.69) is 75.9 Å². The van der Waals surface area contributed by atoms with Gasteiger partial charge in [0, 0.05) is 0 Å². The van der Waals surface area contributed by atoms with E-state index in [1.807, 2.05) is 12.1 Å². The van der Waals surface area contributed by atoms with Crippen LogP contribution in [-0.4, -0.2) is 38.3 Å². The zero-order valence-electron chi connectivity index (χ0n) is 16.5. The average Bonchev–Trinajstić information content (AvgIpc) is 3.43. The largest absolute Gasteiger partial charge is 0.405 e. The lowest BCUT2D eigenvalue weighted by Crippen LogP contribution is -2.66. The van der Waals surface area contributed by atoms with Gasteiger partial charge in [0.25, 0.3) is 8.32 Å². The topological polar surface area (TPSA) is 42.0 Å². The van der Waals surface area contributed by atoms with E-state index in [-0.39, 0.29) is 17.2 Å². The fourth-order valence-electron chi connectivity index (χ4n) is 3.90. The lowest BCUT2D eigenvalue weighted by molar-refractivity contribution is 0.138. The lowest BCUT2D eigenvalue weighted by atomic mass is 10.1. The lowest BCUT2D eigenvalue weighted by Gasteiger charge is -2.43. The fourth-order valence-corrected chi connectivity index (χ4v) is 8.47. The molecule has 1 saturated heterocycles. The van der Waals surface area contributed by atoms with Crippen molar-refractivity contribution in [1.82, 2.24) is 0 Å². The van der Waals surface area contributed by atoms with Gasteiger partial charge in [-0.1, -0.05) is 87.5 Å². The maximum atomic E-state index is 10.1. The van der Waals surface area contributed by atoms with Gasteiger partial charge in [-0.3, -0.25) is 0 Å². The summed E-state index contributed by atoms with van der Waals surface area (Å²) in [5, 5.41) is 12.6. The average molecular weight is 383 g/mol. The molecule has 1 heterocycles. The van der Waals surface area contributed by atoms with Crippen molar-refractivity contribution in [2.75, 3.05) is 6.61 Å². The number of ether oxygens (including phenoxy) is 1.